The lowest BCUT2D eigenvalue weighted by molar-refractivity contribution is 0.416. The zero-order valence-corrected chi connectivity index (χ0v) is 9.10. The van der Waals surface area contributed by atoms with Crippen LogP contribution in [0.1, 0.15) is 0 Å². The summed E-state index contributed by atoms with van der Waals surface area (Å²) >= 11 is 7.13. The van der Waals surface area contributed by atoms with E-state index in [0.29, 0.717) is 5.15 Å². The summed E-state index contributed by atoms with van der Waals surface area (Å²) in [7, 11) is 1.65. The molecule has 0 saturated heterocycles. The summed E-state index contributed by atoms with van der Waals surface area (Å²) in [5.41, 5.74) is 1.03. The molecule has 0 unspecified atom stereocenters. The maximum atomic E-state index is 5.76. The minimum Gasteiger partial charge on any atom is -0.496 e. The second-order valence-electron chi connectivity index (χ2n) is 2.71. The van der Waals surface area contributed by atoms with E-state index in [0.717, 1.165) is 16.2 Å². The maximum absolute atomic E-state index is 5.76. The quantitative estimate of drug-likeness (QED) is 0.781. The van der Waals surface area contributed by atoms with Gasteiger partial charge in [-0.25, -0.2) is 0 Å². The molecule has 2 rings (SSSR count). The third-order valence-electron chi connectivity index (χ3n) is 1.85. The van der Waals surface area contributed by atoms with Gasteiger partial charge in [0.15, 0.2) is 0 Å². The molecule has 2 nitrogen and oxygen atoms in total. The van der Waals surface area contributed by atoms with Gasteiger partial charge < -0.3 is 4.74 Å². The van der Waals surface area contributed by atoms with E-state index in [1.54, 1.807) is 7.11 Å². The SMILES string of the molecule is COc1ccccc1-c1cc(Cl)ns1. The van der Waals surface area contributed by atoms with Crippen LogP contribution in [0.5, 0.6) is 5.75 Å². The predicted octanol–water partition coefficient (Wildman–Crippen LogP) is 3.47. The van der Waals surface area contributed by atoms with E-state index in [2.05, 4.69) is 4.37 Å². The number of para-hydroxylation sites is 1. The van der Waals surface area contributed by atoms with Crippen LogP contribution in [0.4, 0.5) is 0 Å². The number of rotatable bonds is 2. The van der Waals surface area contributed by atoms with Crippen molar-refractivity contribution in [2.75, 3.05) is 7.11 Å². The molecule has 1 heterocycles. The molecule has 0 radical (unpaired) electrons. The highest BCUT2D eigenvalue weighted by atomic mass is 35.5. The molecule has 72 valence electrons. The highest BCUT2D eigenvalue weighted by Crippen LogP contribution is 2.33. The van der Waals surface area contributed by atoms with Gasteiger partial charge in [0, 0.05) is 5.56 Å². The Morgan fingerprint density at radius 3 is 2.79 bits per heavy atom. The highest BCUT2D eigenvalue weighted by Gasteiger charge is 2.07. The summed E-state index contributed by atoms with van der Waals surface area (Å²) < 4.78 is 9.26. The Labute approximate surface area is 91.3 Å². The van der Waals surface area contributed by atoms with Crippen LogP contribution in [0.2, 0.25) is 5.15 Å². The number of nitrogens with zero attached hydrogens (tertiary/aromatic N) is 1. The Bertz CT molecular complexity index is 441. The van der Waals surface area contributed by atoms with Crippen molar-refractivity contribution >= 4 is 23.1 Å². The summed E-state index contributed by atoms with van der Waals surface area (Å²) in [6.45, 7) is 0. The van der Waals surface area contributed by atoms with E-state index in [-0.39, 0.29) is 0 Å². The minimum absolute atomic E-state index is 0.524. The monoisotopic (exact) mass is 225 g/mol. The van der Waals surface area contributed by atoms with Gasteiger partial charge >= 0.3 is 0 Å². The van der Waals surface area contributed by atoms with Crippen molar-refractivity contribution in [3.8, 4) is 16.2 Å². The second kappa shape index (κ2) is 3.98. The van der Waals surface area contributed by atoms with Gasteiger partial charge in [-0.3, -0.25) is 0 Å². The van der Waals surface area contributed by atoms with Gasteiger partial charge in [0.25, 0.3) is 0 Å². The summed E-state index contributed by atoms with van der Waals surface area (Å²) in [6, 6.07) is 9.65. The van der Waals surface area contributed by atoms with Crippen molar-refractivity contribution in [2.24, 2.45) is 0 Å². The zero-order chi connectivity index (χ0) is 9.97. The van der Waals surface area contributed by atoms with Crippen LogP contribution >= 0.6 is 23.1 Å². The molecule has 0 amide bonds. The largest absolute Gasteiger partial charge is 0.496 e. The van der Waals surface area contributed by atoms with Crippen LogP contribution in [-0.2, 0) is 0 Å². The molecule has 0 aliphatic rings. The Kier molecular flexibility index (Phi) is 2.70. The van der Waals surface area contributed by atoms with E-state index < -0.39 is 0 Å². The second-order valence-corrected chi connectivity index (χ2v) is 3.91. The van der Waals surface area contributed by atoms with Crippen molar-refractivity contribution in [3.63, 3.8) is 0 Å². The lowest BCUT2D eigenvalue weighted by Crippen LogP contribution is -1.84. The molecule has 0 aliphatic heterocycles. The number of hydrogen-bond acceptors (Lipinski definition) is 3. The first-order chi connectivity index (χ1) is 6.81. The number of benzene rings is 1. The summed E-state index contributed by atoms with van der Waals surface area (Å²) in [4.78, 5) is 1.02. The topological polar surface area (TPSA) is 22.1 Å². The molecule has 0 aliphatic carbocycles. The third-order valence-corrected chi connectivity index (χ3v) is 2.97. The number of methoxy groups -OCH3 is 1. The van der Waals surface area contributed by atoms with Crippen molar-refractivity contribution < 1.29 is 4.74 Å². The summed E-state index contributed by atoms with van der Waals surface area (Å²) in [5.74, 6) is 0.841. The van der Waals surface area contributed by atoms with Crippen molar-refractivity contribution in [1.82, 2.24) is 4.37 Å². The molecule has 14 heavy (non-hydrogen) atoms. The van der Waals surface area contributed by atoms with Crippen molar-refractivity contribution in [2.45, 2.75) is 0 Å². The summed E-state index contributed by atoms with van der Waals surface area (Å²) in [6.07, 6.45) is 0. The fourth-order valence-electron chi connectivity index (χ4n) is 1.23. The van der Waals surface area contributed by atoms with E-state index in [1.807, 2.05) is 30.3 Å². The Hall–Kier alpha value is -1.06. The number of halogens is 1. The molecule has 0 spiro atoms. The number of hydrogen-bond donors (Lipinski definition) is 0. The molecule has 1 aromatic heterocycles. The average molecular weight is 226 g/mol. The molecule has 4 heteroatoms. The van der Waals surface area contributed by atoms with Gasteiger partial charge in [-0.05, 0) is 29.7 Å². The third kappa shape index (κ3) is 1.74. The molecule has 0 bridgehead atoms. The van der Waals surface area contributed by atoms with Crippen molar-refractivity contribution in [1.29, 1.82) is 0 Å². The number of aromatic nitrogens is 1. The molecular formula is C10H8ClNOS. The first-order valence-electron chi connectivity index (χ1n) is 4.07. The van der Waals surface area contributed by atoms with Crippen LogP contribution in [0, 0.1) is 0 Å². The highest BCUT2D eigenvalue weighted by molar-refractivity contribution is 7.10. The van der Waals surface area contributed by atoms with Gasteiger partial charge in [0.1, 0.15) is 10.9 Å². The molecular weight excluding hydrogens is 218 g/mol. The van der Waals surface area contributed by atoms with Crippen molar-refractivity contribution in [3.05, 3.63) is 35.5 Å². The van der Waals surface area contributed by atoms with Crippen LogP contribution in [0.15, 0.2) is 30.3 Å². The van der Waals surface area contributed by atoms with Gasteiger partial charge in [0.2, 0.25) is 0 Å². The molecule has 0 saturated carbocycles. The normalized spacial score (nSPS) is 10.1. The van der Waals surface area contributed by atoms with Gasteiger partial charge in [-0.15, -0.1) is 0 Å². The average Bonchev–Trinajstić information content (AvgIpc) is 2.65. The van der Waals surface area contributed by atoms with Gasteiger partial charge in [-0.1, -0.05) is 23.7 Å². The van der Waals surface area contributed by atoms with Crippen LogP contribution in [0.25, 0.3) is 10.4 Å². The van der Waals surface area contributed by atoms with Crippen LogP contribution < -0.4 is 4.74 Å². The van der Waals surface area contributed by atoms with E-state index in [1.165, 1.54) is 11.5 Å². The Morgan fingerprint density at radius 2 is 2.14 bits per heavy atom. The minimum atomic E-state index is 0.524. The predicted molar refractivity (Wildman–Crippen MR) is 59.1 cm³/mol. The van der Waals surface area contributed by atoms with Gasteiger partial charge in [0.05, 0.1) is 12.0 Å². The smallest absolute Gasteiger partial charge is 0.143 e. The lowest BCUT2D eigenvalue weighted by Gasteiger charge is -2.04. The molecule has 2 aromatic rings. The fourth-order valence-corrected chi connectivity index (χ4v) is 2.18. The van der Waals surface area contributed by atoms with E-state index in [4.69, 9.17) is 16.3 Å². The summed E-state index contributed by atoms with van der Waals surface area (Å²) in [5, 5.41) is 0.524. The molecule has 0 N–H and O–H groups in total. The molecule has 0 fully saturated rings. The standard InChI is InChI=1S/C10H8ClNOS/c1-13-8-5-3-2-4-7(8)9-6-10(11)12-14-9/h2-6H,1H3. The number of ether oxygens (including phenoxy) is 1. The Balaban J connectivity index is 2.50. The van der Waals surface area contributed by atoms with Gasteiger partial charge in [-0.2, -0.15) is 4.37 Å². The van der Waals surface area contributed by atoms with E-state index in [9.17, 15) is 0 Å². The Morgan fingerprint density at radius 1 is 1.36 bits per heavy atom. The first-order valence-corrected chi connectivity index (χ1v) is 5.22. The molecule has 0 atom stereocenters. The lowest BCUT2D eigenvalue weighted by atomic mass is 10.2. The zero-order valence-electron chi connectivity index (χ0n) is 7.53. The fraction of sp³-hybridized carbons (Fsp3) is 0.100. The van der Waals surface area contributed by atoms with E-state index >= 15 is 0 Å². The van der Waals surface area contributed by atoms with Crippen LogP contribution in [0.3, 0.4) is 0 Å². The van der Waals surface area contributed by atoms with Crippen LogP contribution in [-0.4, -0.2) is 11.5 Å². The molecule has 1 aromatic carbocycles. The first kappa shape index (κ1) is 9.49. The maximum Gasteiger partial charge on any atom is 0.143 e.